The first-order valence-corrected chi connectivity index (χ1v) is 6.81. The third-order valence-corrected chi connectivity index (χ3v) is 2.86. The first-order chi connectivity index (χ1) is 11.2. The van der Waals surface area contributed by atoms with E-state index in [1.54, 1.807) is 42.5 Å². The van der Waals surface area contributed by atoms with E-state index in [1.807, 2.05) is 6.07 Å². The van der Waals surface area contributed by atoms with Crippen LogP contribution in [0, 0.1) is 11.3 Å². The molecule has 0 unspecified atom stereocenters. The molecule has 6 heteroatoms. The van der Waals surface area contributed by atoms with Crippen LogP contribution in [0.2, 0.25) is 0 Å². The molecule has 0 aliphatic rings. The van der Waals surface area contributed by atoms with Gasteiger partial charge in [-0.05, 0) is 30.3 Å². The summed E-state index contributed by atoms with van der Waals surface area (Å²) in [5.41, 5.74) is 0.571. The summed E-state index contributed by atoms with van der Waals surface area (Å²) < 4.78 is 9.91. The van der Waals surface area contributed by atoms with Crippen LogP contribution in [-0.4, -0.2) is 25.0 Å². The van der Waals surface area contributed by atoms with Gasteiger partial charge in [0.2, 0.25) is 0 Å². The number of esters is 1. The number of para-hydroxylation sites is 1. The van der Waals surface area contributed by atoms with Gasteiger partial charge in [0.15, 0.2) is 6.61 Å². The van der Waals surface area contributed by atoms with E-state index < -0.39 is 18.5 Å². The number of benzene rings is 1. The van der Waals surface area contributed by atoms with Gasteiger partial charge in [-0.15, -0.1) is 0 Å². The van der Waals surface area contributed by atoms with Crippen LogP contribution in [-0.2, 0) is 14.3 Å². The van der Waals surface area contributed by atoms with E-state index in [1.165, 1.54) is 23.3 Å². The van der Waals surface area contributed by atoms with Crippen LogP contribution in [0.25, 0.3) is 6.08 Å². The maximum Gasteiger partial charge on any atom is 0.331 e. The number of nitriles is 1. The highest BCUT2D eigenvalue weighted by molar-refractivity contribution is 5.96. The Bertz CT molecular complexity index is 715. The molecule has 0 aliphatic heterocycles. The van der Waals surface area contributed by atoms with Crippen LogP contribution in [0.3, 0.4) is 0 Å². The van der Waals surface area contributed by atoms with E-state index in [4.69, 9.17) is 14.4 Å². The Balaban J connectivity index is 1.92. The Labute approximate surface area is 133 Å². The number of carbonyl (C=O) groups is 2. The number of nitrogens with zero attached hydrogens (tertiary/aromatic N) is 2. The quantitative estimate of drug-likeness (QED) is 0.465. The third-order valence-electron chi connectivity index (χ3n) is 2.86. The van der Waals surface area contributed by atoms with E-state index in [0.717, 1.165) is 0 Å². The molecule has 0 saturated carbocycles. The number of rotatable bonds is 6. The van der Waals surface area contributed by atoms with Crippen molar-refractivity contribution in [3.8, 4) is 6.07 Å². The van der Waals surface area contributed by atoms with E-state index in [0.29, 0.717) is 11.4 Å². The van der Waals surface area contributed by atoms with E-state index in [2.05, 4.69) is 0 Å². The average Bonchev–Trinajstić information content (AvgIpc) is 3.10. The van der Waals surface area contributed by atoms with Crippen molar-refractivity contribution >= 4 is 23.6 Å². The summed E-state index contributed by atoms with van der Waals surface area (Å²) in [6.07, 6.45) is 4.09. The van der Waals surface area contributed by atoms with Crippen molar-refractivity contribution in [1.82, 2.24) is 0 Å². The summed E-state index contributed by atoms with van der Waals surface area (Å²) in [5, 5.41) is 8.84. The predicted octanol–water partition coefficient (Wildman–Crippen LogP) is 2.39. The molecule has 6 nitrogen and oxygen atoms in total. The van der Waals surface area contributed by atoms with Crippen LogP contribution in [0.15, 0.2) is 59.2 Å². The highest BCUT2D eigenvalue weighted by atomic mass is 16.5. The van der Waals surface area contributed by atoms with Gasteiger partial charge in [-0.2, -0.15) is 5.26 Å². The summed E-state index contributed by atoms with van der Waals surface area (Å²) in [7, 11) is 0. The van der Waals surface area contributed by atoms with Crippen molar-refractivity contribution in [2.45, 2.75) is 0 Å². The summed E-state index contributed by atoms with van der Waals surface area (Å²) in [5.74, 6) is -0.638. The normalized spacial score (nSPS) is 10.2. The molecule has 0 spiro atoms. The van der Waals surface area contributed by atoms with Crippen LogP contribution in [0.5, 0.6) is 0 Å². The lowest BCUT2D eigenvalue weighted by Crippen LogP contribution is -2.34. The predicted molar refractivity (Wildman–Crippen MR) is 83.1 cm³/mol. The van der Waals surface area contributed by atoms with Gasteiger partial charge < -0.3 is 9.15 Å². The molecular formula is C17H14N2O4. The molecule has 0 bridgehead atoms. The molecule has 1 amide bonds. The number of ether oxygens (including phenoxy) is 1. The highest BCUT2D eigenvalue weighted by Gasteiger charge is 2.16. The standard InChI is InChI=1S/C17H14N2O4/c18-10-11-19(14-5-2-1-3-6-14)16(20)13-23-17(21)9-8-15-7-4-12-22-15/h1-9,12H,11,13H2/b9-8+. The molecule has 116 valence electrons. The van der Waals surface area contributed by atoms with E-state index in [9.17, 15) is 9.59 Å². The van der Waals surface area contributed by atoms with Crippen LogP contribution in [0.4, 0.5) is 5.69 Å². The second-order valence-electron chi connectivity index (χ2n) is 4.43. The Morgan fingerprint density at radius 3 is 2.65 bits per heavy atom. The van der Waals surface area contributed by atoms with Crippen molar-refractivity contribution in [3.05, 3.63) is 60.6 Å². The molecule has 0 aliphatic carbocycles. The number of hydrogen-bond acceptors (Lipinski definition) is 5. The molecule has 0 fully saturated rings. The number of anilines is 1. The van der Waals surface area contributed by atoms with E-state index in [-0.39, 0.29) is 6.54 Å². The molecule has 2 aromatic rings. The van der Waals surface area contributed by atoms with Crippen molar-refractivity contribution in [1.29, 1.82) is 5.26 Å². The first-order valence-electron chi connectivity index (χ1n) is 6.81. The number of furan rings is 1. The largest absolute Gasteiger partial charge is 0.465 e. The Morgan fingerprint density at radius 1 is 1.22 bits per heavy atom. The monoisotopic (exact) mass is 310 g/mol. The fourth-order valence-corrected chi connectivity index (χ4v) is 1.80. The van der Waals surface area contributed by atoms with Crippen LogP contribution in [0.1, 0.15) is 5.76 Å². The maximum atomic E-state index is 12.1. The zero-order valence-electron chi connectivity index (χ0n) is 12.2. The van der Waals surface area contributed by atoms with Gasteiger partial charge in [0.05, 0.1) is 12.3 Å². The fourth-order valence-electron chi connectivity index (χ4n) is 1.80. The fraction of sp³-hybridized carbons (Fsp3) is 0.118. The topological polar surface area (TPSA) is 83.5 Å². The van der Waals surface area contributed by atoms with Crippen LogP contribution >= 0.6 is 0 Å². The van der Waals surface area contributed by atoms with Gasteiger partial charge in [0.25, 0.3) is 5.91 Å². The molecular weight excluding hydrogens is 296 g/mol. The van der Waals surface area contributed by atoms with Crippen molar-refractivity contribution in [2.24, 2.45) is 0 Å². The third kappa shape index (κ3) is 4.86. The molecule has 0 atom stereocenters. The summed E-state index contributed by atoms with van der Waals surface area (Å²) >= 11 is 0. The van der Waals surface area contributed by atoms with Crippen molar-refractivity contribution in [2.75, 3.05) is 18.1 Å². The Hall–Kier alpha value is -3.33. The second kappa shape index (κ2) is 8.20. The lowest BCUT2D eigenvalue weighted by molar-refractivity contribution is -0.142. The summed E-state index contributed by atoms with van der Waals surface area (Å²) in [4.78, 5) is 25.0. The molecule has 1 heterocycles. The van der Waals surface area contributed by atoms with Crippen molar-refractivity contribution < 1.29 is 18.7 Å². The van der Waals surface area contributed by atoms with E-state index >= 15 is 0 Å². The molecule has 23 heavy (non-hydrogen) atoms. The Morgan fingerprint density at radius 2 is 2.00 bits per heavy atom. The molecule has 1 aromatic heterocycles. The zero-order chi connectivity index (χ0) is 16.5. The molecule has 0 N–H and O–H groups in total. The lowest BCUT2D eigenvalue weighted by Gasteiger charge is -2.19. The highest BCUT2D eigenvalue weighted by Crippen LogP contribution is 2.13. The van der Waals surface area contributed by atoms with Crippen molar-refractivity contribution in [3.63, 3.8) is 0 Å². The minimum absolute atomic E-state index is 0.122. The summed E-state index contributed by atoms with van der Waals surface area (Å²) in [6.45, 7) is -0.569. The lowest BCUT2D eigenvalue weighted by atomic mass is 10.3. The molecule has 0 saturated heterocycles. The average molecular weight is 310 g/mol. The number of hydrogen-bond donors (Lipinski definition) is 0. The SMILES string of the molecule is N#CCN(C(=O)COC(=O)/C=C/c1ccco1)c1ccccc1. The van der Waals surface area contributed by atoms with Gasteiger partial charge >= 0.3 is 5.97 Å². The van der Waals surface area contributed by atoms with Gasteiger partial charge in [0, 0.05) is 11.8 Å². The number of carbonyl (C=O) groups excluding carboxylic acids is 2. The second-order valence-corrected chi connectivity index (χ2v) is 4.43. The maximum absolute atomic E-state index is 12.1. The first kappa shape index (κ1) is 16.0. The van der Waals surface area contributed by atoms with Gasteiger partial charge in [-0.1, -0.05) is 18.2 Å². The van der Waals surface area contributed by atoms with Crippen LogP contribution < -0.4 is 4.90 Å². The molecule has 1 aromatic carbocycles. The number of amides is 1. The van der Waals surface area contributed by atoms with Gasteiger partial charge in [-0.25, -0.2) is 4.79 Å². The molecule has 0 radical (unpaired) electrons. The summed E-state index contributed by atoms with van der Waals surface area (Å²) in [6, 6.07) is 14.0. The Kier molecular flexibility index (Phi) is 5.72. The van der Waals surface area contributed by atoms with Gasteiger partial charge in [0.1, 0.15) is 12.3 Å². The molecule has 2 rings (SSSR count). The smallest absolute Gasteiger partial charge is 0.331 e. The van der Waals surface area contributed by atoms with Gasteiger partial charge in [-0.3, -0.25) is 9.69 Å². The minimum Gasteiger partial charge on any atom is -0.465 e. The zero-order valence-corrected chi connectivity index (χ0v) is 12.2. The minimum atomic E-state index is -0.667.